The monoisotopic (exact) mass is 422 g/mol. The van der Waals surface area contributed by atoms with Crippen molar-refractivity contribution in [2.45, 2.75) is 6.92 Å². The molecule has 0 spiro atoms. The normalized spacial score (nSPS) is 14.0. The molecule has 1 aromatic heterocycles. The van der Waals surface area contributed by atoms with E-state index < -0.39 is 0 Å². The summed E-state index contributed by atoms with van der Waals surface area (Å²) in [7, 11) is 3.35. The van der Waals surface area contributed by atoms with Crippen molar-refractivity contribution < 1.29 is 14.3 Å². The fraction of sp³-hybridized carbons (Fsp3) is 0.292. The second-order valence-electron chi connectivity index (χ2n) is 7.26. The van der Waals surface area contributed by atoms with Crippen molar-refractivity contribution in [1.29, 1.82) is 0 Å². The van der Waals surface area contributed by atoms with Gasteiger partial charge in [-0.25, -0.2) is 0 Å². The number of methoxy groups -OCH3 is 2. The molecule has 6 heteroatoms. The van der Waals surface area contributed by atoms with Gasteiger partial charge in [0.1, 0.15) is 11.5 Å². The lowest BCUT2D eigenvalue weighted by Gasteiger charge is -2.36. The third-order valence-electron chi connectivity index (χ3n) is 5.52. The number of carbonyl (C=O) groups excluding carboxylic acids is 1. The maximum absolute atomic E-state index is 13.1. The number of amides is 1. The number of piperazine rings is 1. The highest BCUT2D eigenvalue weighted by molar-refractivity contribution is 7.14. The zero-order chi connectivity index (χ0) is 21.1. The van der Waals surface area contributed by atoms with Gasteiger partial charge in [-0.05, 0) is 48.4 Å². The number of hydrogen-bond donors (Lipinski definition) is 0. The molecule has 1 saturated heterocycles. The van der Waals surface area contributed by atoms with Gasteiger partial charge in [-0.1, -0.05) is 24.3 Å². The van der Waals surface area contributed by atoms with Gasteiger partial charge in [0.25, 0.3) is 5.91 Å². The van der Waals surface area contributed by atoms with E-state index in [0.717, 1.165) is 51.2 Å². The predicted octanol–water partition coefficient (Wildman–Crippen LogP) is 4.70. The molecule has 4 rings (SSSR count). The molecular formula is C24H26N2O3S. The van der Waals surface area contributed by atoms with Crippen molar-refractivity contribution in [3.63, 3.8) is 0 Å². The van der Waals surface area contributed by atoms with Crippen molar-refractivity contribution >= 4 is 22.9 Å². The number of para-hydroxylation sites is 2. The van der Waals surface area contributed by atoms with E-state index in [2.05, 4.69) is 17.9 Å². The summed E-state index contributed by atoms with van der Waals surface area (Å²) < 4.78 is 10.7. The van der Waals surface area contributed by atoms with Crippen LogP contribution in [0.5, 0.6) is 11.5 Å². The lowest BCUT2D eigenvalue weighted by molar-refractivity contribution is 0.0751. The second-order valence-corrected chi connectivity index (χ2v) is 8.52. The Hall–Kier alpha value is -2.99. The molecule has 2 heterocycles. The number of rotatable bonds is 5. The predicted molar refractivity (Wildman–Crippen MR) is 122 cm³/mol. The molecular weight excluding hydrogens is 396 g/mol. The molecule has 1 aliphatic heterocycles. The summed E-state index contributed by atoms with van der Waals surface area (Å²) in [6.07, 6.45) is 0. The van der Waals surface area contributed by atoms with Crippen LogP contribution in [0.1, 0.15) is 14.5 Å². The molecule has 3 aromatic rings. The summed E-state index contributed by atoms with van der Waals surface area (Å²) in [5, 5.41) is 0. The van der Waals surface area contributed by atoms with Crippen LogP contribution in [-0.2, 0) is 0 Å². The van der Waals surface area contributed by atoms with E-state index in [-0.39, 0.29) is 5.91 Å². The highest BCUT2D eigenvalue weighted by atomic mass is 32.1. The maximum Gasteiger partial charge on any atom is 0.264 e. The third-order valence-corrected chi connectivity index (χ3v) is 6.56. The number of aryl methyl sites for hydroxylation is 1. The van der Waals surface area contributed by atoms with Crippen LogP contribution in [0, 0.1) is 6.92 Å². The van der Waals surface area contributed by atoms with Crippen LogP contribution < -0.4 is 14.4 Å². The molecule has 1 aliphatic rings. The van der Waals surface area contributed by atoms with Crippen LogP contribution in [-0.4, -0.2) is 51.2 Å². The number of benzene rings is 2. The smallest absolute Gasteiger partial charge is 0.264 e. The zero-order valence-corrected chi connectivity index (χ0v) is 18.4. The number of thiophene rings is 1. The first-order valence-electron chi connectivity index (χ1n) is 10.0. The number of carbonyl (C=O) groups is 1. The molecule has 156 valence electrons. The van der Waals surface area contributed by atoms with Crippen molar-refractivity contribution in [3.8, 4) is 22.6 Å². The number of ether oxygens (including phenoxy) is 2. The largest absolute Gasteiger partial charge is 0.497 e. The molecule has 0 unspecified atom stereocenters. The lowest BCUT2D eigenvalue weighted by atomic mass is 10.1. The lowest BCUT2D eigenvalue weighted by Crippen LogP contribution is -2.48. The highest BCUT2D eigenvalue weighted by Gasteiger charge is 2.25. The summed E-state index contributed by atoms with van der Waals surface area (Å²) in [6, 6.07) is 18.0. The Balaban J connectivity index is 1.45. The molecule has 0 saturated carbocycles. The van der Waals surface area contributed by atoms with Crippen LogP contribution in [0.3, 0.4) is 0 Å². The van der Waals surface area contributed by atoms with Crippen molar-refractivity contribution in [2.24, 2.45) is 0 Å². The first-order valence-corrected chi connectivity index (χ1v) is 10.8. The third kappa shape index (κ3) is 4.00. The van der Waals surface area contributed by atoms with Crippen LogP contribution >= 0.6 is 11.3 Å². The van der Waals surface area contributed by atoms with Crippen molar-refractivity contribution in [2.75, 3.05) is 45.3 Å². The second kappa shape index (κ2) is 8.79. The average Bonchev–Trinajstić information content (AvgIpc) is 3.20. The first kappa shape index (κ1) is 20.3. The molecule has 2 aromatic carbocycles. The number of hydrogen-bond acceptors (Lipinski definition) is 5. The Morgan fingerprint density at radius 1 is 0.933 bits per heavy atom. The minimum absolute atomic E-state index is 0.113. The molecule has 0 bridgehead atoms. The SMILES string of the molecule is COc1ccc(-c2cc(C(=O)N3CCN(c4ccccc4OC)CC3)sc2C)cc1. The van der Waals surface area contributed by atoms with Crippen LogP contribution in [0.15, 0.2) is 54.6 Å². The van der Waals surface area contributed by atoms with E-state index in [1.807, 2.05) is 53.4 Å². The Bertz CT molecular complexity index is 1020. The van der Waals surface area contributed by atoms with Gasteiger partial charge in [0.2, 0.25) is 0 Å². The topological polar surface area (TPSA) is 42.0 Å². The quantitative estimate of drug-likeness (QED) is 0.598. The molecule has 0 aliphatic carbocycles. The number of anilines is 1. The zero-order valence-electron chi connectivity index (χ0n) is 17.6. The van der Waals surface area contributed by atoms with Gasteiger partial charge in [0, 0.05) is 31.1 Å². The van der Waals surface area contributed by atoms with Gasteiger partial charge < -0.3 is 19.3 Å². The standard InChI is InChI=1S/C24H26N2O3S/c1-17-20(18-8-10-19(28-2)11-9-18)16-23(30-17)24(27)26-14-12-25(13-15-26)21-6-4-5-7-22(21)29-3/h4-11,16H,12-15H2,1-3H3. The van der Waals surface area contributed by atoms with Crippen molar-refractivity contribution in [1.82, 2.24) is 4.90 Å². The molecule has 0 atom stereocenters. The molecule has 1 amide bonds. The molecule has 5 nitrogen and oxygen atoms in total. The van der Waals surface area contributed by atoms with Crippen molar-refractivity contribution in [3.05, 3.63) is 64.4 Å². The van der Waals surface area contributed by atoms with Crippen LogP contribution in [0.2, 0.25) is 0 Å². The van der Waals surface area contributed by atoms with Gasteiger partial charge >= 0.3 is 0 Å². The van der Waals surface area contributed by atoms with E-state index in [1.54, 1.807) is 25.6 Å². The minimum atomic E-state index is 0.113. The Morgan fingerprint density at radius 2 is 1.63 bits per heavy atom. The summed E-state index contributed by atoms with van der Waals surface area (Å²) in [5.41, 5.74) is 3.30. The van der Waals surface area contributed by atoms with E-state index >= 15 is 0 Å². The van der Waals surface area contributed by atoms with E-state index in [0.29, 0.717) is 13.1 Å². The molecule has 30 heavy (non-hydrogen) atoms. The molecule has 0 radical (unpaired) electrons. The first-order chi connectivity index (χ1) is 14.6. The van der Waals surface area contributed by atoms with Gasteiger partial charge in [0.15, 0.2) is 0 Å². The minimum Gasteiger partial charge on any atom is -0.497 e. The summed E-state index contributed by atoms with van der Waals surface area (Å²) in [6.45, 7) is 5.06. The summed E-state index contributed by atoms with van der Waals surface area (Å²) >= 11 is 1.57. The molecule has 1 fully saturated rings. The van der Waals surface area contributed by atoms with Gasteiger partial charge in [-0.2, -0.15) is 0 Å². The highest BCUT2D eigenvalue weighted by Crippen LogP contribution is 2.33. The fourth-order valence-electron chi connectivity index (χ4n) is 3.84. The summed E-state index contributed by atoms with van der Waals surface area (Å²) in [5.74, 6) is 1.81. The van der Waals surface area contributed by atoms with E-state index in [4.69, 9.17) is 9.47 Å². The van der Waals surface area contributed by atoms with Gasteiger partial charge in [0.05, 0.1) is 24.8 Å². The molecule has 0 N–H and O–H groups in total. The van der Waals surface area contributed by atoms with E-state index in [9.17, 15) is 4.79 Å². The average molecular weight is 423 g/mol. The Labute approximate surface area is 181 Å². The van der Waals surface area contributed by atoms with E-state index in [1.165, 1.54) is 0 Å². The maximum atomic E-state index is 13.1. The van der Waals surface area contributed by atoms with Crippen LogP contribution in [0.25, 0.3) is 11.1 Å². The van der Waals surface area contributed by atoms with Crippen LogP contribution in [0.4, 0.5) is 5.69 Å². The summed E-state index contributed by atoms with van der Waals surface area (Å²) in [4.78, 5) is 19.3. The van der Waals surface area contributed by atoms with Gasteiger partial charge in [-0.3, -0.25) is 4.79 Å². The number of nitrogens with zero attached hydrogens (tertiary/aromatic N) is 2. The van der Waals surface area contributed by atoms with Gasteiger partial charge in [-0.15, -0.1) is 11.3 Å². The Morgan fingerprint density at radius 3 is 2.30 bits per heavy atom. The fourth-order valence-corrected chi connectivity index (χ4v) is 4.85. The Kier molecular flexibility index (Phi) is 5.95.